The molecule has 1 heterocycles. The molecule has 0 radical (unpaired) electrons. The normalized spacial score (nSPS) is 32.1. The lowest BCUT2D eigenvalue weighted by Crippen LogP contribution is -2.52. The van der Waals surface area contributed by atoms with Crippen molar-refractivity contribution in [3.63, 3.8) is 0 Å². The molecule has 0 saturated carbocycles. The smallest absolute Gasteiger partial charge is 0.306 e. The zero-order valence-corrected chi connectivity index (χ0v) is 10.3. The van der Waals surface area contributed by atoms with E-state index in [1.807, 2.05) is 6.92 Å². The summed E-state index contributed by atoms with van der Waals surface area (Å²) in [5.74, 6) is 1.06. The Hall–Kier alpha value is -0.250. The molecule has 96 valence electrons. The number of nitrogens with one attached hydrogen (secondary N) is 1. The molecular weight excluding hydrogens is 215 g/mol. The summed E-state index contributed by atoms with van der Waals surface area (Å²) in [6.45, 7) is 6.75. The van der Waals surface area contributed by atoms with Gasteiger partial charge in [-0.05, 0) is 30.7 Å². The van der Waals surface area contributed by atoms with Gasteiger partial charge in [-0.2, -0.15) is 13.2 Å². The Balaban J connectivity index is 2.65. The van der Waals surface area contributed by atoms with Crippen LogP contribution in [0.3, 0.4) is 0 Å². The van der Waals surface area contributed by atoms with Crippen LogP contribution in [0.15, 0.2) is 0 Å². The molecule has 1 rings (SSSR count). The Morgan fingerprint density at radius 1 is 1.31 bits per heavy atom. The molecule has 3 atom stereocenters. The van der Waals surface area contributed by atoms with Gasteiger partial charge in [0.25, 0.3) is 0 Å². The predicted octanol–water partition coefficient (Wildman–Crippen LogP) is 3.60. The van der Waals surface area contributed by atoms with Crippen LogP contribution in [0.25, 0.3) is 0 Å². The van der Waals surface area contributed by atoms with Gasteiger partial charge in [-0.15, -0.1) is 0 Å². The van der Waals surface area contributed by atoms with Gasteiger partial charge in [0.2, 0.25) is 0 Å². The summed E-state index contributed by atoms with van der Waals surface area (Å²) in [6, 6.07) is -1.29. The third-order valence-corrected chi connectivity index (χ3v) is 3.65. The first-order chi connectivity index (χ1) is 7.36. The zero-order valence-electron chi connectivity index (χ0n) is 10.3. The van der Waals surface area contributed by atoms with E-state index in [0.29, 0.717) is 18.4 Å². The second-order valence-electron chi connectivity index (χ2n) is 5.19. The standard InChI is InChI=1S/C12H22F3N/c1-4-5-9-6-11(12(13,14)15)16-7-10(9)8(2)3/h8-11,16H,4-7H2,1-3H3. The van der Waals surface area contributed by atoms with Crippen molar-refractivity contribution < 1.29 is 13.2 Å². The lowest BCUT2D eigenvalue weighted by molar-refractivity contribution is -0.167. The van der Waals surface area contributed by atoms with Crippen LogP contribution in [0, 0.1) is 17.8 Å². The highest BCUT2D eigenvalue weighted by Gasteiger charge is 2.44. The fourth-order valence-corrected chi connectivity index (χ4v) is 2.74. The molecule has 0 spiro atoms. The Morgan fingerprint density at radius 2 is 1.94 bits per heavy atom. The summed E-state index contributed by atoms with van der Waals surface area (Å²) in [5, 5.41) is 2.65. The van der Waals surface area contributed by atoms with Crippen LogP contribution in [0.2, 0.25) is 0 Å². The molecule has 0 amide bonds. The number of alkyl halides is 3. The second-order valence-corrected chi connectivity index (χ2v) is 5.19. The molecule has 4 heteroatoms. The largest absolute Gasteiger partial charge is 0.403 e. The third kappa shape index (κ3) is 3.37. The van der Waals surface area contributed by atoms with Crippen LogP contribution in [0.4, 0.5) is 13.2 Å². The average Bonchev–Trinajstić information content (AvgIpc) is 2.16. The summed E-state index contributed by atoms with van der Waals surface area (Å²) in [6.07, 6.45) is -1.95. The van der Waals surface area contributed by atoms with Gasteiger partial charge >= 0.3 is 6.18 Å². The summed E-state index contributed by atoms with van der Waals surface area (Å²) in [5.41, 5.74) is 0. The van der Waals surface area contributed by atoms with E-state index in [1.165, 1.54) is 0 Å². The van der Waals surface area contributed by atoms with Gasteiger partial charge in [-0.25, -0.2) is 0 Å². The van der Waals surface area contributed by atoms with Crippen LogP contribution in [-0.2, 0) is 0 Å². The number of halogens is 3. The molecule has 1 N–H and O–H groups in total. The minimum atomic E-state index is -4.09. The molecule has 0 aromatic heterocycles. The fraction of sp³-hybridized carbons (Fsp3) is 1.00. The van der Waals surface area contributed by atoms with E-state index in [9.17, 15) is 13.2 Å². The van der Waals surface area contributed by atoms with Gasteiger partial charge in [0, 0.05) is 0 Å². The van der Waals surface area contributed by atoms with Crippen LogP contribution in [-0.4, -0.2) is 18.8 Å². The molecule has 0 bridgehead atoms. The molecule has 0 aromatic carbocycles. The molecule has 1 aliphatic heterocycles. The van der Waals surface area contributed by atoms with Crippen molar-refractivity contribution in [1.82, 2.24) is 5.32 Å². The van der Waals surface area contributed by atoms with E-state index in [-0.39, 0.29) is 12.3 Å². The molecule has 1 saturated heterocycles. The Labute approximate surface area is 95.8 Å². The van der Waals surface area contributed by atoms with E-state index >= 15 is 0 Å². The lowest BCUT2D eigenvalue weighted by atomic mass is 9.75. The topological polar surface area (TPSA) is 12.0 Å². The fourth-order valence-electron chi connectivity index (χ4n) is 2.74. The van der Waals surface area contributed by atoms with Crippen molar-refractivity contribution in [1.29, 1.82) is 0 Å². The number of hydrogen-bond acceptors (Lipinski definition) is 1. The number of hydrogen-bond donors (Lipinski definition) is 1. The SMILES string of the molecule is CCCC1CC(C(F)(F)F)NCC1C(C)C. The van der Waals surface area contributed by atoms with Crippen LogP contribution >= 0.6 is 0 Å². The maximum absolute atomic E-state index is 12.6. The summed E-state index contributed by atoms with van der Waals surface area (Å²) in [4.78, 5) is 0. The molecule has 0 aromatic rings. The monoisotopic (exact) mass is 237 g/mol. The highest BCUT2D eigenvalue weighted by molar-refractivity contribution is 4.89. The average molecular weight is 237 g/mol. The highest BCUT2D eigenvalue weighted by atomic mass is 19.4. The molecular formula is C12H22F3N. The van der Waals surface area contributed by atoms with E-state index in [0.717, 1.165) is 12.8 Å². The Bertz CT molecular complexity index is 213. The first-order valence-electron chi connectivity index (χ1n) is 6.16. The Kier molecular flexibility index (Phi) is 4.65. The van der Waals surface area contributed by atoms with Crippen LogP contribution in [0.5, 0.6) is 0 Å². The van der Waals surface area contributed by atoms with Gasteiger partial charge in [0.15, 0.2) is 0 Å². The van der Waals surface area contributed by atoms with E-state index in [4.69, 9.17) is 0 Å². The van der Waals surface area contributed by atoms with Crippen molar-refractivity contribution in [3.05, 3.63) is 0 Å². The summed E-state index contributed by atoms with van der Waals surface area (Å²) < 4.78 is 37.9. The maximum atomic E-state index is 12.6. The molecule has 0 aliphatic carbocycles. The van der Waals surface area contributed by atoms with Crippen molar-refractivity contribution in [2.24, 2.45) is 17.8 Å². The van der Waals surface area contributed by atoms with Crippen LogP contribution in [0.1, 0.15) is 40.0 Å². The van der Waals surface area contributed by atoms with Gasteiger partial charge < -0.3 is 5.32 Å². The van der Waals surface area contributed by atoms with Gasteiger partial charge in [-0.1, -0.05) is 33.6 Å². The van der Waals surface area contributed by atoms with Gasteiger partial charge in [0.05, 0.1) is 0 Å². The summed E-state index contributed by atoms with van der Waals surface area (Å²) >= 11 is 0. The Morgan fingerprint density at radius 3 is 2.38 bits per heavy atom. The first-order valence-corrected chi connectivity index (χ1v) is 6.16. The van der Waals surface area contributed by atoms with E-state index in [1.54, 1.807) is 0 Å². The number of piperidine rings is 1. The summed E-state index contributed by atoms with van der Waals surface area (Å²) in [7, 11) is 0. The van der Waals surface area contributed by atoms with E-state index < -0.39 is 12.2 Å². The molecule has 1 fully saturated rings. The molecule has 3 unspecified atom stereocenters. The van der Waals surface area contributed by atoms with Crippen molar-refractivity contribution in [3.8, 4) is 0 Å². The highest BCUT2D eigenvalue weighted by Crippen LogP contribution is 2.36. The molecule has 1 aliphatic rings. The maximum Gasteiger partial charge on any atom is 0.403 e. The van der Waals surface area contributed by atoms with Crippen molar-refractivity contribution in [2.75, 3.05) is 6.54 Å². The first kappa shape index (κ1) is 13.8. The predicted molar refractivity (Wildman–Crippen MR) is 59.2 cm³/mol. The quantitative estimate of drug-likeness (QED) is 0.790. The molecule has 16 heavy (non-hydrogen) atoms. The van der Waals surface area contributed by atoms with Crippen molar-refractivity contribution >= 4 is 0 Å². The van der Waals surface area contributed by atoms with Crippen LogP contribution < -0.4 is 5.32 Å². The molecule has 1 nitrogen and oxygen atoms in total. The van der Waals surface area contributed by atoms with Crippen molar-refractivity contribution in [2.45, 2.75) is 52.3 Å². The zero-order chi connectivity index (χ0) is 12.3. The third-order valence-electron chi connectivity index (χ3n) is 3.65. The minimum Gasteiger partial charge on any atom is -0.306 e. The number of rotatable bonds is 3. The van der Waals surface area contributed by atoms with Gasteiger partial charge in [-0.3, -0.25) is 0 Å². The van der Waals surface area contributed by atoms with E-state index in [2.05, 4.69) is 19.2 Å². The lowest BCUT2D eigenvalue weighted by Gasteiger charge is -2.39. The van der Waals surface area contributed by atoms with Gasteiger partial charge in [0.1, 0.15) is 6.04 Å². The minimum absolute atomic E-state index is 0.220. The second kappa shape index (κ2) is 5.39.